The molecule has 0 aromatic carbocycles. The summed E-state index contributed by atoms with van der Waals surface area (Å²) in [6.45, 7) is 0.962. The number of hydrogen-bond acceptors (Lipinski definition) is 6. The first-order valence-electron chi connectivity index (χ1n) is 5.34. The Labute approximate surface area is 104 Å². The zero-order valence-electron chi connectivity index (χ0n) is 9.99. The average Bonchev–Trinajstić information content (AvgIpc) is 2.66. The number of methoxy groups -OCH3 is 1. The van der Waals surface area contributed by atoms with Crippen LogP contribution >= 0.6 is 8.38 Å². The van der Waals surface area contributed by atoms with Crippen molar-refractivity contribution in [2.75, 3.05) is 33.3 Å². The Morgan fingerprint density at radius 1 is 1.41 bits per heavy atom. The Hall–Kier alpha value is 0.255. The monoisotopic (exact) mass is 266 g/mol. The lowest BCUT2D eigenvalue weighted by molar-refractivity contribution is 0.0180. The second kappa shape index (κ2) is 11.4. The molecule has 2 atom stereocenters. The van der Waals surface area contributed by atoms with Gasteiger partial charge in [0, 0.05) is 13.1 Å². The lowest BCUT2D eigenvalue weighted by Gasteiger charge is -2.11. The fraction of sp³-hybridized carbons (Fsp3) is 1.00. The first-order chi connectivity index (χ1) is 8.10. The molecule has 0 spiro atoms. The number of rotatable bonds is 6. The minimum Gasteiger partial charge on any atom is -0.394 e. The van der Waals surface area contributed by atoms with Crippen LogP contribution in [-0.2, 0) is 14.2 Å². The Morgan fingerprint density at radius 3 is 2.47 bits per heavy atom. The molecule has 2 unspecified atom stereocenters. The van der Waals surface area contributed by atoms with Crippen LogP contribution in [0.15, 0.2) is 0 Å². The van der Waals surface area contributed by atoms with Gasteiger partial charge in [-0.25, -0.2) is 0 Å². The Balaban J connectivity index is 0.000000437. The predicted octanol–water partition coefficient (Wildman–Crippen LogP) is -0.444. The maximum Gasteiger partial charge on any atom is 0.192 e. The molecule has 2 radical (unpaired) electrons. The molecule has 0 amide bonds. The molecule has 17 heavy (non-hydrogen) atoms. The van der Waals surface area contributed by atoms with Crippen LogP contribution in [0.25, 0.3) is 0 Å². The fourth-order valence-corrected chi connectivity index (χ4v) is 1.48. The van der Waals surface area contributed by atoms with Crippen LogP contribution in [0.3, 0.4) is 0 Å². The number of aliphatic hydroxyl groups is 1. The van der Waals surface area contributed by atoms with E-state index in [0.717, 1.165) is 12.8 Å². The van der Waals surface area contributed by atoms with Crippen LogP contribution in [-0.4, -0.2) is 68.1 Å². The van der Waals surface area contributed by atoms with Gasteiger partial charge in [-0.1, -0.05) is 0 Å². The molecule has 8 heteroatoms. The molecule has 1 heterocycles. The van der Waals surface area contributed by atoms with Crippen molar-refractivity contribution in [2.45, 2.75) is 24.9 Å². The van der Waals surface area contributed by atoms with E-state index in [9.17, 15) is 0 Å². The van der Waals surface area contributed by atoms with Crippen molar-refractivity contribution in [3.63, 3.8) is 0 Å². The summed E-state index contributed by atoms with van der Waals surface area (Å²) in [5, 5.41) is 7.94. The van der Waals surface area contributed by atoms with Gasteiger partial charge >= 0.3 is 0 Å². The molecule has 3 N–H and O–H groups in total. The fourth-order valence-electron chi connectivity index (χ4n) is 1.21. The highest BCUT2D eigenvalue weighted by Crippen LogP contribution is 2.23. The summed E-state index contributed by atoms with van der Waals surface area (Å²) in [6.07, 6.45) is 1.75. The van der Waals surface area contributed by atoms with Gasteiger partial charge in [0.15, 0.2) is 8.38 Å². The van der Waals surface area contributed by atoms with Crippen molar-refractivity contribution in [2.24, 2.45) is 0 Å². The van der Waals surface area contributed by atoms with Gasteiger partial charge in [0.2, 0.25) is 0 Å². The van der Waals surface area contributed by atoms with Crippen molar-refractivity contribution in [1.82, 2.24) is 0 Å². The van der Waals surface area contributed by atoms with E-state index in [4.69, 9.17) is 32.2 Å². The number of aliphatic hydroxyl groups excluding tert-OH is 1. The normalized spacial score (nSPS) is 23.6. The number of ether oxygens (including phenoxy) is 3. The van der Waals surface area contributed by atoms with Gasteiger partial charge in [-0.3, -0.25) is 0 Å². The summed E-state index contributed by atoms with van der Waals surface area (Å²) in [7, 11) is 5.10. The van der Waals surface area contributed by atoms with E-state index >= 15 is 0 Å². The molecule has 1 saturated heterocycles. The third-order valence-electron chi connectivity index (χ3n) is 1.95. The summed E-state index contributed by atoms with van der Waals surface area (Å²) in [6, 6.07) is -0.177. The van der Waals surface area contributed by atoms with Crippen LogP contribution < -0.4 is 0 Å². The van der Waals surface area contributed by atoms with Crippen LogP contribution in [0.4, 0.5) is 0 Å². The Kier molecular flexibility index (Phi) is 11.5. The molecule has 0 aliphatic carbocycles. The standard InChI is InChI=1S/C6H12BO4P.C3H8O2/c7-6-2-1-5(11-6)3-10-4-12(8)9;1-5-3-2-4/h5-6,8-9H,1-4H2;4H,2-3H2,1H3. The Bertz CT molecular complexity index is 172. The molecule has 1 aliphatic rings. The van der Waals surface area contributed by atoms with Gasteiger partial charge in [0.05, 0.1) is 25.9 Å². The first kappa shape index (κ1) is 17.3. The smallest absolute Gasteiger partial charge is 0.192 e. The van der Waals surface area contributed by atoms with Crippen LogP contribution in [0.1, 0.15) is 12.8 Å². The van der Waals surface area contributed by atoms with Gasteiger partial charge in [-0.15, -0.1) is 0 Å². The van der Waals surface area contributed by atoms with Gasteiger partial charge in [-0.2, -0.15) is 0 Å². The van der Waals surface area contributed by atoms with E-state index in [1.807, 2.05) is 0 Å². The Morgan fingerprint density at radius 2 is 2.12 bits per heavy atom. The maximum absolute atomic E-state index is 8.51. The highest BCUT2D eigenvalue weighted by atomic mass is 31.2. The summed E-state index contributed by atoms with van der Waals surface area (Å²) >= 11 is 0. The van der Waals surface area contributed by atoms with Crippen LogP contribution in [0.2, 0.25) is 0 Å². The molecular weight excluding hydrogens is 246 g/mol. The van der Waals surface area contributed by atoms with E-state index in [2.05, 4.69) is 4.74 Å². The SMILES string of the molecule is COCCO.[B]C1CCC(COCP(O)O)O1. The largest absolute Gasteiger partial charge is 0.394 e. The summed E-state index contributed by atoms with van der Waals surface area (Å²) in [4.78, 5) is 17.0. The number of hydrogen-bond donors (Lipinski definition) is 3. The second-order valence-corrected chi connectivity index (χ2v) is 4.47. The molecule has 1 fully saturated rings. The topological polar surface area (TPSA) is 88.4 Å². The lowest BCUT2D eigenvalue weighted by Crippen LogP contribution is -2.17. The van der Waals surface area contributed by atoms with E-state index in [-0.39, 0.29) is 25.1 Å². The van der Waals surface area contributed by atoms with E-state index < -0.39 is 8.38 Å². The van der Waals surface area contributed by atoms with Gasteiger partial charge in [-0.05, 0) is 12.8 Å². The molecular formula is C9H20BO6P. The third kappa shape index (κ3) is 11.1. The maximum atomic E-state index is 8.51. The predicted molar refractivity (Wildman–Crippen MR) is 64.8 cm³/mol. The molecule has 0 saturated carbocycles. The second-order valence-electron chi connectivity index (χ2n) is 3.46. The molecule has 1 aliphatic heterocycles. The highest BCUT2D eigenvalue weighted by molar-refractivity contribution is 7.44. The van der Waals surface area contributed by atoms with Crippen molar-refractivity contribution in [3.8, 4) is 0 Å². The zero-order valence-corrected chi connectivity index (χ0v) is 10.9. The highest BCUT2D eigenvalue weighted by Gasteiger charge is 2.21. The van der Waals surface area contributed by atoms with Gasteiger partial charge in [0.1, 0.15) is 14.2 Å². The molecule has 0 aromatic heterocycles. The summed E-state index contributed by atoms with van der Waals surface area (Å²) in [5.41, 5.74) is 0. The minimum absolute atomic E-state index is 0.00949. The van der Waals surface area contributed by atoms with Gasteiger partial charge in [0.25, 0.3) is 0 Å². The quantitative estimate of drug-likeness (QED) is 0.446. The van der Waals surface area contributed by atoms with Crippen LogP contribution in [0.5, 0.6) is 0 Å². The van der Waals surface area contributed by atoms with Crippen LogP contribution in [0, 0.1) is 0 Å². The molecule has 100 valence electrons. The molecule has 1 rings (SSSR count). The van der Waals surface area contributed by atoms with Gasteiger partial charge < -0.3 is 29.1 Å². The van der Waals surface area contributed by atoms with Crippen molar-refractivity contribution < 1.29 is 29.1 Å². The van der Waals surface area contributed by atoms with E-state index in [1.165, 1.54) is 0 Å². The minimum atomic E-state index is -1.94. The molecule has 0 aromatic rings. The average molecular weight is 266 g/mol. The lowest BCUT2D eigenvalue weighted by atomic mass is 9.97. The summed E-state index contributed by atoms with van der Waals surface area (Å²) < 4.78 is 14.7. The first-order valence-corrected chi connectivity index (χ1v) is 6.77. The van der Waals surface area contributed by atoms with Crippen molar-refractivity contribution in [1.29, 1.82) is 0 Å². The van der Waals surface area contributed by atoms with Crippen molar-refractivity contribution in [3.05, 3.63) is 0 Å². The molecule has 0 bridgehead atoms. The summed E-state index contributed by atoms with van der Waals surface area (Å²) in [5.74, 6) is 0. The molecule has 6 nitrogen and oxygen atoms in total. The van der Waals surface area contributed by atoms with E-state index in [0.29, 0.717) is 13.2 Å². The van der Waals surface area contributed by atoms with Crippen molar-refractivity contribution >= 4 is 16.2 Å². The third-order valence-corrected chi connectivity index (χ3v) is 2.36. The zero-order chi connectivity index (χ0) is 13.1. The van der Waals surface area contributed by atoms with E-state index in [1.54, 1.807) is 7.11 Å².